The maximum Gasteiger partial charge on any atom is 0.270 e. The highest BCUT2D eigenvalue weighted by atomic mass is 32.1. The van der Waals surface area contributed by atoms with Crippen molar-refractivity contribution in [2.75, 3.05) is 12.4 Å². The van der Waals surface area contributed by atoms with Gasteiger partial charge in [-0.1, -0.05) is 30.3 Å². The van der Waals surface area contributed by atoms with E-state index in [2.05, 4.69) is 25.6 Å². The predicted molar refractivity (Wildman–Crippen MR) is 127 cm³/mol. The molecule has 0 aliphatic rings. The normalized spacial score (nSPS) is 11.2. The minimum Gasteiger partial charge on any atom is -0.371 e. The molecule has 1 amide bonds. The minimum absolute atomic E-state index is 0.185. The molecular formula is C23H21N7OS. The number of imidazole rings is 1. The van der Waals surface area contributed by atoms with E-state index in [4.69, 9.17) is 4.98 Å². The molecule has 0 bridgehead atoms. The number of pyridine rings is 2. The molecule has 5 aromatic rings. The zero-order valence-corrected chi connectivity index (χ0v) is 18.7. The van der Waals surface area contributed by atoms with Crippen molar-refractivity contribution in [3.8, 4) is 10.6 Å². The van der Waals surface area contributed by atoms with Crippen LogP contribution in [0, 0.1) is 6.92 Å². The summed E-state index contributed by atoms with van der Waals surface area (Å²) in [5.74, 6) is 0.537. The molecule has 0 unspecified atom stereocenters. The first kappa shape index (κ1) is 20.1. The molecule has 9 heteroatoms. The number of amides is 1. The number of fused-ring (bicyclic) bond motifs is 3. The largest absolute Gasteiger partial charge is 0.371 e. The number of rotatable bonds is 5. The summed E-state index contributed by atoms with van der Waals surface area (Å²) < 4.78 is 3.01. The molecule has 0 radical (unpaired) electrons. The molecular weight excluding hydrogens is 422 g/mol. The molecule has 4 heterocycles. The van der Waals surface area contributed by atoms with Crippen molar-refractivity contribution in [1.29, 1.82) is 0 Å². The van der Waals surface area contributed by atoms with Gasteiger partial charge in [-0.3, -0.25) is 4.79 Å². The van der Waals surface area contributed by atoms with Crippen LogP contribution in [0.15, 0.2) is 48.8 Å². The van der Waals surface area contributed by atoms with E-state index in [1.807, 2.05) is 62.0 Å². The summed E-state index contributed by atoms with van der Waals surface area (Å²) in [5, 5.41) is 6.92. The summed E-state index contributed by atoms with van der Waals surface area (Å²) in [6, 6.07) is 13.4. The summed E-state index contributed by atoms with van der Waals surface area (Å²) in [7, 11) is 3.81. The van der Waals surface area contributed by atoms with Crippen LogP contribution in [0.25, 0.3) is 32.0 Å². The second-order valence-corrected chi connectivity index (χ2v) is 8.48. The van der Waals surface area contributed by atoms with Crippen LogP contribution in [0.5, 0.6) is 0 Å². The number of hydrogen-bond acceptors (Lipinski definition) is 7. The smallest absolute Gasteiger partial charge is 0.270 e. The first-order valence-corrected chi connectivity index (χ1v) is 11.0. The van der Waals surface area contributed by atoms with E-state index in [0.717, 1.165) is 43.4 Å². The van der Waals surface area contributed by atoms with Gasteiger partial charge >= 0.3 is 0 Å². The van der Waals surface area contributed by atoms with Crippen LogP contribution >= 0.6 is 11.3 Å². The number of anilines is 1. The number of thiazole rings is 1. The van der Waals surface area contributed by atoms with Gasteiger partial charge in [-0.05, 0) is 24.6 Å². The molecule has 0 spiro atoms. The van der Waals surface area contributed by atoms with Crippen LogP contribution in [0.2, 0.25) is 0 Å². The molecule has 0 aliphatic heterocycles. The Morgan fingerprint density at radius 2 is 1.91 bits per heavy atom. The lowest BCUT2D eigenvalue weighted by Gasteiger charge is -2.06. The van der Waals surface area contributed by atoms with E-state index in [9.17, 15) is 4.79 Å². The van der Waals surface area contributed by atoms with Gasteiger partial charge in [0.2, 0.25) is 0 Å². The highest BCUT2D eigenvalue weighted by molar-refractivity contribution is 7.22. The van der Waals surface area contributed by atoms with Crippen LogP contribution in [-0.4, -0.2) is 37.5 Å². The summed E-state index contributed by atoms with van der Waals surface area (Å²) in [6.07, 6.45) is 1.79. The van der Waals surface area contributed by atoms with Crippen LogP contribution in [0.3, 0.4) is 0 Å². The van der Waals surface area contributed by atoms with Gasteiger partial charge in [0, 0.05) is 31.9 Å². The standard InChI is InChI=1S/C23H21N7OS/c1-13-5-4-6-16(27-13)22(31)25-11-14-7-9-15(10-8-14)23-29-21-19(32-23)18-17(20(24-2)28-21)26-12-30(18)3/h4-10,12H,11H2,1-3H3,(H,24,28)(H,25,31). The van der Waals surface area contributed by atoms with E-state index >= 15 is 0 Å². The molecule has 0 aliphatic carbocycles. The van der Waals surface area contributed by atoms with Crippen molar-refractivity contribution in [1.82, 2.24) is 29.8 Å². The first-order chi connectivity index (χ1) is 15.5. The number of carbonyl (C=O) groups is 1. The van der Waals surface area contributed by atoms with Crippen molar-refractivity contribution in [2.45, 2.75) is 13.5 Å². The van der Waals surface area contributed by atoms with Crippen molar-refractivity contribution >= 4 is 44.4 Å². The molecule has 8 nitrogen and oxygen atoms in total. The van der Waals surface area contributed by atoms with Crippen LogP contribution < -0.4 is 10.6 Å². The van der Waals surface area contributed by atoms with Crippen molar-refractivity contribution in [3.63, 3.8) is 0 Å². The Balaban J connectivity index is 1.38. The van der Waals surface area contributed by atoms with Crippen molar-refractivity contribution in [3.05, 3.63) is 65.7 Å². The fraction of sp³-hybridized carbons (Fsp3) is 0.174. The third-order valence-electron chi connectivity index (χ3n) is 5.22. The highest BCUT2D eigenvalue weighted by Crippen LogP contribution is 2.35. The lowest BCUT2D eigenvalue weighted by Crippen LogP contribution is -2.23. The first-order valence-electron chi connectivity index (χ1n) is 10.1. The van der Waals surface area contributed by atoms with Crippen LogP contribution in [0.1, 0.15) is 21.7 Å². The Hall–Kier alpha value is -3.85. The van der Waals surface area contributed by atoms with Gasteiger partial charge in [0.25, 0.3) is 5.91 Å². The molecule has 4 aromatic heterocycles. The van der Waals surface area contributed by atoms with E-state index in [1.165, 1.54) is 0 Å². The molecule has 2 N–H and O–H groups in total. The Morgan fingerprint density at radius 3 is 2.66 bits per heavy atom. The quantitative estimate of drug-likeness (QED) is 0.427. The number of aromatic nitrogens is 5. The average molecular weight is 444 g/mol. The minimum atomic E-state index is -0.185. The Morgan fingerprint density at radius 1 is 1.09 bits per heavy atom. The fourth-order valence-electron chi connectivity index (χ4n) is 3.58. The van der Waals surface area contributed by atoms with Crippen molar-refractivity contribution in [2.24, 2.45) is 7.05 Å². The van der Waals surface area contributed by atoms with Crippen molar-refractivity contribution < 1.29 is 4.79 Å². The van der Waals surface area contributed by atoms with Gasteiger partial charge < -0.3 is 15.2 Å². The summed E-state index contributed by atoms with van der Waals surface area (Å²) >= 11 is 1.60. The van der Waals surface area contributed by atoms with Gasteiger partial charge in [-0.15, -0.1) is 11.3 Å². The number of benzene rings is 1. The topological polar surface area (TPSA) is 97.6 Å². The fourth-order valence-corrected chi connectivity index (χ4v) is 4.68. The monoisotopic (exact) mass is 443 g/mol. The van der Waals surface area contributed by atoms with Crippen LogP contribution in [0.4, 0.5) is 5.82 Å². The molecule has 0 saturated heterocycles. The predicted octanol–water partition coefficient (Wildman–Crippen LogP) is 3.92. The highest BCUT2D eigenvalue weighted by Gasteiger charge is 2.17. The Kier molecular flexibility index (Phi) is 5.02. The molecule has 32 heavy (non-hydrogen) atoms. The molecule has 0 saturated carbocycles. The molecule has 0 fully saturated rings. The number of hydrogen-bond donors (Lipinski definition) is 2. The second-order valence-electron chi connectivity index (χ2n) is 7.48. The van der Waals surface area contributed by atoms with Gasteiger partial charge in [0.15, 0.2) is 11.5 Å². The molecule has 0 atom stereocenters. The van der Waals surface area contributed by atoms with Gasteiger partial charge in [-0.2, -0.15) is 0 Å². The molecule has 5 rings (SSSR count). The maximum absolute atomic E-state index is 12.3. The third-order valence-corrected chi connectivity index (χ3v) is 6.32. The number of nitrogens with one attached hydrogen (secondary N) is 2. The van der Waals surface area contributed by atoms with Gasteiger partial charge in [0.1, 0.15) is 20.9 Å². The van der Waals surface area contributed by atoms with Crippen LogP contribution in [-0.2, 0) is 13.6 Å². The molecule has 1 aromatic carbocycles. The molecule has 160 valence electrons. The van der Waals surface area contributed by atoms with Gasteiger partial charge in [0.05, 0.1) is 11.8 Å². The van der Waals surface area contributed by atoms with Gasteiger partial charge in [-0.25, -0.2) is 19.9 Å². The third kappa shape index (κ3) is 3.56. The summed E-state index contributed by atoms with van der Waals surface area (Å²) in [5.41, 5.74) is 5.81. The van der Waals surface area contributed by atoms with E-state index < -0.39 is 0 Å². The number of nitrogens with zero attached hydrogens (tertiary/aromatic N) is 5. The maximum atomic E-state index is 12.3. The summed E-state index contributed by atoms with van der Waals surface area (Å²) in [4.78, 5) is 30.5. The SMILES string of the molecule is CNc1nc2nc(-c3ccc(CNC(=O)c4cccc(C)n4)cc3)sc2c2c1ncn2C. The lowest BCUT2D eigenvalue weighted by atomic mass is 10.1. The average Bonchev–Trinajstić information content (AvgIpc) is 3.40. The Labute approximate surface area is 188 Å². The number of aryl methyl sites for hydroxylation is 2. The zero-order valence-electron chi connectivity index (χ0n) is 17.9. The lowest BCUT2D eigenvalue weighted by molar-refractivity contribution is 0.0945. The Bertz CT molecular complexity index is 1450. The zero-order chi connectivity index (χ0) is 22.2. The second kappa shape index (κ2) is 8.01. The van der Waals surface area contributed by atoms with E-state index in [0.29, 0.717) is 17.9 Å². The summed E-state index contributed by atoms with van der Waals surface area (Å²) in [6.45, 7) is 2.29. The van der Waals surface area contributed by atoms with E-state index in [-0.39, 0.29) is 5.91 Å². The number of carbonyl (C=O) groups excluding carboxylic acids is 1. The van der Waals surface area contributed by atoms with E-state index in [1.54, 1.807) is 23.7 Å².